The van der Waals surface area contributed by atoms with Crippen LogP contribution in [0.2, 0.25) is 58.9 Å². The van der Waals surface area contributed by atoms with E-state index >= 15 is 0 Å². The van der Waals surface area contributed by atoms with Crippen LogP contribution in [-0.4, -0.2) is 44.4 Å². The molecule has 0 amide bonds. The molecule has 0 aliphatic carbocycles. The van der Waals surface area contributed by atoms with E-state index in [1.807, 2.05) is 0 Å². The van der Waals surface area contributed by atoms with Crippen LogP contribution in [0.1, 0.15) is 158 Å². The molecule has 0 unspecified atom stereocenters. The highest BCUT2D eigenvalue weighted by Crippen LogP contribution is 2.52. The molecule has 0 bridgehead atoms. The highest BCUT2D eigenvalue weighted by atomic mass is 28.3. The first-order valence-corrected chi connectivity index (χ1v) is 61.9. The van der Waals surface area contributed by atoms with Crippen LogP contribution in [0.3, 0.4) is 0 Å². The standard InChI is InChI=1S/C129H135B3N6Si3/c1-124(2,3)88-40-49-94(50-41-88)133-112-70-46-91(127(10,11)12)79-106(112)130-103-76-82(37-67-109(103)136(118-34-28-31-115(133)121(118)130)97-55-61-100(62-56-97)139(19,20)21)85-73-86(83-38-68-110-104(77-83)131-107-80-92(128(13,14)15)47-71-113(107)134(95-51-42-89(43-52-95)125(4,5)6)116-32-29-35-119(122(116)131)137(110)98-57-63-101(64-58-98)140(22,23)24)75-87(74-85)84-39-69-111-105(78-84)132-108-81-93(129(16,17)18)48-72-114(108)135(96-53-44-90(45-54-96)126(7,8)9)117-33-30-36-120(123(117)132)138(111)99-59-65-102(66-60-99)141(25,26)27/h28-81H,1-27H3. The first-order valence-electron chi connectivity index (χ1n) is 51.4. The second-order valence-corrected chi connectivity index (χ2v) is 65.6. The van der Waals surface area contributed by atoms with Crippen LogP contribution < -0.4 is 94.1 Å². The Morgan fingerprint density at radius 3 is 0.518 bits per heavy atom. The van der Waals surface area contributed by atoms with Crippen molar-refractivity contribution >= 4 is 211 Å². The monoisotopic (exact) mass is 1890 g/mol. The van der Waals surface area contributed by atoms with E-state index in [0.29, 0.717) is 0 Å². The van der Waals surface area contributed by atoms with Gasteiger partial charge in [0.15, 0.2) is 0 Å². The average Bonchev–Trinajstić information content (AvgIpc) is 0.703. The molecule has 0 fully saturated rings. The predicted octanol–water partition coefficient (Wildman–Crippen LogP) is 28.4. The topological polar surface area (TPSA) is 19.4 Å². The van der Waals surface area contributed by atoms with Gasteiger partial charge in [0.1, 0.15) is 0 Å². The minimum absolute atomic E-state index is 0.0179. The fourth-order valence-corrected chi connectivity index (χ4v) is 26.7. The normalized spacial score (nSPS) is 14.4. The van der Waals surface area contributed by atoms with Crippen molar-refractivity contribution in [1.82, 2.24) is 0 Å². The molecule has 0 radical (unpaired) electrons. The lowest BCUT2D eigenvalue weighted by atomic mass is 9.33. The van der Waals surface area contributed by atoms with E-state index in [4.69, 9.17) is 0 Å². The Balaban J connectivity index is 0.813. The molecule has 6 aliphatic heterocycles. The van der Waals surface area contributed by atoms with Crippen molar-refractivity contribution in [2.24, 2.45) is 0 Å². The van der Waals surface area contributed by atoms with Crippen LogP contribution in [0.25, 0.3) is 33.4 Å². The van der Waals surface area contributed by atoms with E-state index in [9.17, 15) is 0 Å². The van der Waals surface area contributed by atoms with E-state index in [0.717, 1.165) is 67.5 Å². The Labute approximate surface area is 844 Å². The molecule has 6 aliphatic rings. The minimum atomic E-state index is -1.71. The number of fused-ring (bicyclic) bond motifs is 12. The summed E-state index contributed by atoms with van der Waals surface area (Å²) in [7, 11) is -5.14. The lowest BCUT2D eigenvalue weighted by Gasteiger charge is -2.44. The number of nitrogens with zero attached hydrogens (tertiary/aromatic N) is 6. The van der Waals surface area contributed by atoms with Crippen molar-refractivity contribution < 1.29 is 0 Å². The maximum atomic E-state index is 2.63. The Kier molecular flexibility index (Phi) is 21.7. The van der Waals surface area contributed by atoms with Crippen LogP contribution >= 0.6 is 0 Å². The molecule has 141 heavy (non-hydrogen) atoms. The number of benzene rings is 16. The molecule has 702 valence electrons. The van der Waals surface area contributed by atoms with Gasteiger partial charge in [0, 0.05) is 102 Å². The van der Waals surface area contributed by atoms with Crippen molar-refractivity contribution in [3.8, 4) is 33.4 Å². The molecule has 6 nitrogen and oxygen atoms in total. The van der Waals surface area contributed by atoms with Gasteiger partial charge in [-0.05, 0) is 312 Å². The van der Waals surface area contributed by atoms with Gasteiger partial charge in [-0.2, -0.15) is 0 Å². The molecule has 0 atom stereocenters. The summed E-state index contributed by atoms with van der Waals surface area (Å²) in [6.45, 7) is 64.0. The Morgan fingerprint density at radius 1 is 0.163 bits per heavy atom. The average molecular weight is 1890 g/mol. The van der Waals surface area contributed by atoms with Crippen molar-refractivity contribution in [3.05, 3.63) is 361 Å². The third kappa shape index (κ3) is 16.0. The number of hydrogen-bond donors (Lipinski definition) is 0. The lowest BCUT2D eigenvalue weighted by molar-refractivity contribution is 0.590. The smallest absolute Gasteiger partial charge is 0.252 e. The lowest BCUT2D eigenvalue weighted by Crippen LogP contribution is -2.61. The molecule has 16 aromatic carbocycles. The van der Waals surface area contributed by atoms with E-state index < -0.39 is 24.2 Å². The summed E-state index contributed by atoms with van der Waals surface area (Å²) in [5.41, 5.74) is 47.3. The van der Waals surface area contributed by atoms with Crippen LogP contribution in [0, 0.1) is 0 Å². The summed E-state index contributed by atoms with van der Waals surface area (Å²) in [5, 5.41) is 4.33. The van der Waals surface area contributed by atoms with Gasteiger partial charge in [0.05, 0.1) is 24.2 Å². The molecule has 0 saturated heterocycles. The number of hydrogen-bond acceptors (Lipinski definition) is 6. The van der Waals surface area contributed by atoms with E-state index in [2.05, 4.69) is 541 Å². The predicted molar refractivity (Wildman–Crippen MR) is 626 cm³/mol. The van der Waals surface area contributed by atoms with Crippen molar-refractivity contribution in [1.29, 1.82) is 0 Å². The third-order valence-corrected chi connectivity index (χ3v) is 37.6. The molecule has 6 heterocycles. The first kappa shape index (κ1) is 93.1. The van der Waals surface area contributed by atoms with Crippen LogP contribution in [-0.2, 0) is 32.5 Å². The molecule has 0 spiro atoms. The maximum Gasteiger partial charge on any atom is 0.252 e. The van der Waals surface area contributed by atoms with Gasteiger partial charge >= 0.3 is 0 Å². The third-order valence-electron chi connectivity index (χ3n) is 31.4. The van der Waals surface area contributed by atoms with Crippen molar-refractivity contribution in [3.63, 3.8) is 0 Å². The van der Waals surface area contributed by atoms with Crippen LogP contribution in [0.5, 0.6) is 0 Å². The highest BCUT2D eigenvalue weighted by molar-refractivity contribution is 7.02. The van der Waals surface area contributed by atoms with Gasteiger partial charge in [0.2, 0.25) is 0 Å². The Hall–Kier alpha value is -12.8. The zero-order valence-electron chi connectivity index (χ0n) is 88.1. The van der Waals surface area contributed by atoms with Gasteiger partial charge in [-0.1, -0.05) is 363 Å². The van der Waals surface area contributed by atoms with E-state index in [1.54, 1.807) is 0 Å². The van der Waals surface area contributed by atoms with Gasteiger partial charge in [-0.15, -0.1) is 0 Å². The van der Waals surface area contributed by atoms with Gasteiger partial charge in [0.25, 0.3) is 20.1 Å². The minimum Gasteiger partial charge on any atom is -0.311 e. The summed E-state index contributed by atoms with van der Waals surface area (Å²) < 4.78 is 0. The maximum absolute atomic E-state index is 2.63. The Bertz CT molecular complexity index is 6950. The molecule has 16 aromatic rings. The SMILES string of the molecule is CC(C)(C)c1ccc(N2c3ccc(C(C)(C)C)cc3B3c4cc(-c5cc(-c6ccc7c(c6)B6c8cc(C(C)(C)C)ccc8N(c8ccc(C(C)(C)C)cc8)c8cccc(c86)N7c6ccc([Si](C)(C)C)cc6)cc(-c6ccc7c(c6)B6c8cc(C(C)(C)C)ccc8N(c8ccc(C(C)(C)C)cc8)c8cccc(c86)N7c6ccc([Si](C)(C)C)cc6)c5)ccc4N(c4ccc([Si](C)(C)C)cc4)c4cccc2c43)cc1. The fourth-order valence-electron chi connectivity index (χ4n) is 23.2. The second kappa shape index (κ2) is 32.9. The van der Waals surface area contributed by atoms with E-state index in [-0.39, 0.29) is 52.6 Å². The molecule has 0 N–H and O–H groups in total. The summed E-state index contributed by atoms with van der Waals surface area (Å²) in [4.78, 5) is 15.6. The van der Waals surface area contributed by atoms with Crippen LogP contribution in [0.15, 0.2) is 328 Å². The highest BCUT2D eigenvalue weighted by Gasteiger charge is 2.49. The zero-order chi connectivity index (χ0) is 99.1. The van der Waals surface area contributed by atoms with Crippen LogP contribution in [0.4, 0.5) is 102 Å². The second-order valence-electron chi connectivity index (χ2n) is 50.4. The summed E-state index contributed by atoms with van der Waals surface area (Å²) in [6, 6.07) is 131. The number of anilines is 18. The molecule has 0 saturated carbocycles. The van der Waals surface area contributed by atoms with Gasteiger partial charge in [-0.3, -0.25) is 0 Å². The molecular formula is C129H135B3N6Si3. The zero-order valence-corrected chi connectivity index (χ0v) is 91.1. The Morgan fingerprint density at radius 2 is 0.333 bits per heavy atom. The molecular weight excluding hydrogens is 1750 g/mol. The molecule has 0 aromatic heterocycles. The quantitative estimate of drug-likeness (QED) is 0.113. The van der Waals surface area contributed by atoms with Gasteiger partial charge < -0.3 is 29.4 Å². The van der Waals surface area contributed by atoms with Gasteiger partial charge in [-0.25, -0.2) is 0 Å². The summed E-state index contributed by atoms with van der Waals surface area (Å²) in [5.74, 6) is 0. The number of rotatable bonds is 12. The fraction of sp³-hybridized carbons (Fsp3) is 0.256. The van der Waals surface area contributed by atoms with E-state index in [1.165, 1.54) is 166 Å². The van der Waals surface area contributed by atoms with Crippen molar-refractivity contribution in [2.45, 2.75) is 216 Å². The van der Waals surface area contributed by atoms with Crippen molar-refractivity contribution in [2.75, 3.05) is 29.4 Å². The summed E-state index contributed by atoms with van der Waals surface area (Å²) >= 11 is 0. The molecule has 12 heteroatoms. The summed E-state index contributed by atoms with van der Waals surface area (Å²) in [6.07, 6.45) is 0. The molecule has 22 rings (SSSR count). The first-order chi connectivity index (χ1) is 66.6. The largest absolute Gasteiger partial charge is 0.311 e.